The van der Waals surface area contributed by atoms with Crippen molar-refractivity contribution in [3.05, 3.63) is 52.3 Å². The third-order valence-electron chi connectivity index (χ3n) is 5.14. The van der Waals surface area contributed by atoms with Crippen LogP contribution in [-0.2, 0) is 21.5 Å². The van der Waals surface area contributed by atoms with Gasteiger partial charge in [0.05, 0.1) is 23.7 Å². The molecule has 2 heterocycles. The molecule has 3 aromatic rings. The molecule has 0 saturated heterocycles. The fourth-order valence-corrected chi connectivity index (χ4v) is 4.40. The number of hydrogen-bond acceptors (Lipinski definition) is 6. The lowest BCUT2D eigenvalue weighted by atomic mass is 9.87. The van der Waals surface area contributed by atoms with Crippen molar-refractivity contribution in [1.82, 2.24) is 4.57 Å². The van der Waals surface area contributed by atoms with Crippen molar-refractivity contribution in [1.29, 1.82) is 0 Å². The summed E-state index contributed by atoms with van der Waals surface area (Å²) in [5, 5.41) is 0. The van der Waals surface area contributed by atoms with Gasteiger partial charge < -0.3 is 18.8 Å². The van der Waals surface area contributed by atoms with Crippen molar-refractivity contribution in [2.75, 3.05) is 13.9 Å². The minimum absolute atomic E-state index is 0.00560. The first-order valence-electron chi connectivity index (χ1n) is 9.95. The monoisotopic (exact) mass is 440 g/mol. The minimum atomic E-state index is -0.334. The molecule has 8 heteroatoms. The molecule has 1 aliphatic rings. The number of thiazole rings is 1. The van der Waals surface area contributed by atoms with E-state index >= 15 is 0 Å². The molecular weight excluding hydrogens is 416 g/mol. The highest BCUT2D eigenvalue weighted by molar-refractivity contribution is 7.16. The summed E-state index contributed by atoms with van der Waals surface area (Å²) in [5.41, 5.74) is 2.49. The fraction of sp³-hybridized carbons (Fsp3) is 0.348. The number of hydrogen-bond donors (Lipinski definition) is 0. The molecule has 31 heavy (non-hydrogen) atoms. The van der Waals surface area contributed by atoms with E-state index < -0.39 is 0 Å². The number of nitrogens with zero attached hydrogens (tertiary/aromatic N) is 2. The Morgan fingerprint density at radius 3 is 2.45 bits per heavy atom. The molecule has 1 aromatic heterocycles. The summed E-state index contributed by atoms with van der Waals surface area (Å²) in [6.45, 7) is 6.89. The van der Waals surface area contributed by atoms with Gasteiger partial charge >= 0.3 is 5.97 Å². The summed E-state index contributed by atoms with van der Waals surface area (Å²) in [6, 6.07) is 11.2. The van der Waals surface area contributed by atoms with Crippen LogP contribution in [0.2, 0.25) is 0 Å². The van der Waals surface area contributed by atoms with E-state index in [1.807, 2.05) is 28.8 Å². The van der Waals surface area contributed by atoms with Crippen molar-refractivity contribution in [2.24, 2.45) is 4.99 Å². The summed E-state index contributed by atoms with van der Waals surface area (Å²) >= 11 is 1.37. The van der Waals surface area contributed by atoms with Gasteiger partial charge in [0.25, 0.3) is 5.91 Å². The predicted molar refractivity (Wildman–Crippen MR) is 118 cm³/mol. The van der Waals surface area contributed by atoms with Crippen LogP contribution in [0.1, 0.15) is 43.1 Å². The van der Waals surface area contributed by atoms with Crippen molar-refractivity contribution >= 4 is 33.4 Å². The number of aromatic nitrogens is 1. The van der Waals surface area contributed by atoms with Crippen molar-refractivity contribution < 1.29 is 23.8 Å². The Morgan fingerprint density at radius 1 is 1.13 bits per heavy atom. The first kappa shape index (κ1) is 21.1. The van der Waals surface area contributed by atoms with Gasteiger partial charge in [0.2, 0.25) is 6.79 Å². The molecule has 0 saturated carbocycles. The summed E-state index contributed by atoms with van der Waals surface area (Å²) < 4.78 is 18.5. The molecule has 0 atom stereocenters. The van der Waals surface area contributed by atoms with Crippen molar-refractivity contribution in [3.63, 3.8) is 0 Å². The van der Waals surface area contributed by atoms with Gasteiger partial charge in [-0.05, 0) is 23.1 Å². The number of aryl methyl sites for hydroxylation is 1. The van der Waals surface area contributed by atoms with E-state index in [1.165, 1.54) is 18.4 Å². The van der Waals surface area contributed by atoms with Crippen LogP contribution in [0.5, 0.6) is 11.5 Å². The highest BCUT2D eigenvalue weighted by Crippen LogP contribution is 2.37. The van der Waals surface area contributed by atoms with Crippen molar-refractivity contribution in [2.45, 2.75) is 39.2 Å². The van der Waals surface area contributed by atoms with Crippen LogP contribution in [-0.4, -0.2) is 30.3 Å². The lowest BCUT2D eigenvalue weighted by Crippen LogP contribution is -2.19. The fourth-order valence-electron chi connectivity index (χ4n) is 3.33. The summed E-state index contributed by atoms with van der Waals surface area (Å²) in [5.74, 6) is 0.624. The molecule has 7 nitrogen and oxygen atoms in total. The average Bonchev–Trinajstić information content (AvgIpc) is 3.33. The standard InChI is InChI=1S/C23H24N2O5S/c1-23(2,3)15-7-5-14(6-8-15)21(27)24-22-25(10-9-20(26)28-4)16-11-17-18(30-13-29-17)12-19(16)31-22/h5-8,11-12H,9-10,13H2,1-4H3. The zero-order valence-electron chi connectivity index (χ0n) is 17.9. The van der Waals surface area contributed by atoms with E-state index in [4.69, 9.17) is 14.2 Å². The Labute approximate surface area is 183 Å². The van der Waals surface area contributed by atoms with Crippen LogP contribution in [0, 0.1) is 0 Å². The minimum Gasteiger partial charge on any atom is -0.469 e. The lowest BCUT2D eigenvalue weighted by Gasteiger charge is -2.18. The number of benzene rings is 2. The molecule has 0 bridgehead atoms. The van der Waals surface area contributed by atoms with Crippen LogP contribution in [0.3, 0.4) is 0 Å². The molecule has 1 amide bonds. The normalized spacial score (nSPS) is 13.6. The second-order valence-electron chi connectivity index (χ2n) is 8.28. The van der Waals surface area contributed by atoms with Crippen LogP contribution in [0.4, 0.5) is 0 Å². The second-order valence-corrected chi connectivity index (χ2v) is 9.29. The molecule has 0 fully saturated rings. The molecule has 0 unspecified atom stereocenters. The first-order chi connectivity index (χ1) is 14.8. The quantitative estimate of drug-likeness (QED) is 0.572. The van der Waals surface area contributed by atoms with E-state index in [2.05, 4.69) is 25.8 Å². The SMILES string of the molecule is COC(=O)CCn1c(=NC(=O)c2ccc(C(C)(C)C)cc2)sc2cc3c(cc21)OCO3. The summed E-state index contributed by atoms with van der Waals surface area (Å²) in [7, 11) is 1.35. The molecule has 0 N–H and O–H groups in total. The largest absolute Gasteiger partial charge is 0.469 e. The Bertz CT molecular complexity index is 1220. The number of rotatable bonds is 4. The maximum atomic E-state index is 12.9. The van der Waals surface area contributed by atoms with Gasteiger partial charge in [0.15, 0.2) is 16.3 Å². The number of carbonyl (C=O) groups is 2. The molecule has 0 aliphatic carbocycles. The predicted octanol–water partition coefficient (Wildman–Crippen LogP) is 4.03. The van der Waals surface area contributed by atoms with Gasteiger partial charge in [-0.2, -0.15) is 4.99 Å². The van der Waals surface area contributed by atoms with Gasteiger partial charge in [-0.25, -0.2) is 0 Å². The second kappa shape index (κ2) is 8.19. The molecule has 2 aromatic carbocycles. The molecule has 4 rings (SSSR count). The smallest absolute Gasteiger partial charge is 0.307 e. The number of amides is 1. The van der Waals surface area contributed by atoms with E-state index in [0.29, 0.717) is 28.4 Å². The Hall–Kier alpha value is -3.13. The maximum Gasteiger partial charge on any atom is 0.307 e. The van der Waals surface area contributed by atoms with Crippen LogP contribution >= 0.6 is 11.3 Å². The first-order valence-corrected chi connectivity index (χ1v) is 10.8. The third kappa shape index (κ3) is 4.34. The Kier molecular flexibility index (Phi) is 5.58. The van der Waals surface area contributed by atoms with Gasteiger partial charge in [-0.15, -0.1) is 0 Å². The Morgan fingerprint density at radius 2 is 1.81 bits per heavy atom. The zero-order valence-corrected chi connectivity index (χ0v) is 18.7. The van der Waals surface area contributed by atoms with Crippen molar-refractivity contribution in [3.8, 4) is 11.5 Å². The van der Waals surface area contributed by atoms with Gasteiger partial charge in [0.1, 0.15) is 0 Å². The van der Waals surface area contributed by atoms with E-state index in [0.717, 1.165) is 15.8 Å². The molecule has 162 valence electrons. The number of fused-ring (bicyclic) bond motifs is 2. The van der Waals surface area contributed by atoms with Crippen LogP contribution < -0.4 is 14.3 Å². The molecule has 1 aliphatic heterocycles. The third-order valence-corrected chi connectivity index (χ3v) is 6.18. The van der Waals surface area contributed by atoms with Crippen LogP contribution in [0.15, 0.2) is 41.4 Å². The van der Waals surface area contributed by atoms with Gasteiger partial charge in [-0.1, -0.05) is 44.2 Å². The lowest BCUT2D eigenvalue weighted by molar-refractivity contribution is -0.140. The number of carbonyl (C=O) groups excluding carboxylic acids is 2. The topological polar surface area (TPSA) is 79.1 Å². The number of esters is 1. The molecule has 0 radical (unpaired) electrons. The summed E-state index contributed by atoms with van der Waals surface area (Å²) in [4.78, 5) is 29.5. The maximum absolute atomic E-state index is 12.9. The van der Waals surface area contributed by atoms with Gasteiger partial charge in [-0.3, -0.25) is 9.59 Å². The highest BCUT2D eigenvalue weighted by atomic mass is 32.1. The average molecular weight is 441 g/mol. The Balaban J connectivity index is 1.75. The van der Waals surface area contributed by atoms with E-state index in [1.54, 1.807) is 12.1 Å². The molecule has 0 spiro atoms. The summed E-state index contributed by atoms with van der Waals surface area (Å²) in [6.07, 6.45) is 0.165. The number of methoxy groups -OCH3 is 1. The zero-order chi connectivity index (χ0) is 22.2. The van der Waals surface area contributed by atoms with Gasteiger partial charge in [0, 0.05) is 24.2 Å². The van der Waals surface area contributed by atoms with Crippen LogP contribution in [0.25, 0.3) is 10.2 Å². The van der Waals surface area contributed by atoms with E-state index in [9.17, 15) is 9.59 Å². The molecular formula is C23H24N2O5S. The van der Waals surface area contributed by atoms with E-state index in [-0.39, 0.29) is 30.5 Å². The number of ether oxygens (including phenoxy) is 3. The highest BCUT2D eigenvalue weighted by Gasteiger charge is 2.19.